The molecule has 1 unspecified atom stereocenters. The van der Waals surface area contributed by atoms with Crippen LogP contribution in [0.1, 0.15) is 18.7 Å². The summed E-state index contributed by atoms with van der Waals surface area (Å²) in [6.45, 7) is 1.91. The predicted octanol–water partition coefficient (Wildman–Crippen LogP) is 1.61. The molecule has 1 aromatic heterocycles. The van der Waals surface area contributed by atoms with Gasteiger partial charge in [0.2, 0.25) is 0 Å². The van der Waals surface area contributed by atoms with Gasteiger partial charge in [0.15, 0.2) is 0 Å². The Morgan fingerprint density at radius 1 is 1.69 bits per heavy atom. The standard InChI is InChI=1S/C9H14N2O2/c1-7(8-5-4-6-13-8)11(3)9(12)10-2/h4-7H,1-3H3,(H,10,12). The van der Waals surface area contributed by atoms with E-state index in [-0.39, 0.29) is 12.1 Å². The number of carbonyl (C=O) groups excluding carboxylic acids is 1. The third-order valence-corrected chi connectivity index (χ3v) is 2.07. The van der Waals surface area contributed by atoms with Crippen LogP contribution in [0.25, 0.3) is 0 Å². The van der Waals surface area contributed by atoms with Gasteiger partial charge in [-0.05, 0) is 19.1 Å². The van der Waals surface area contributed by atoms with Gasteiger partial charge >= 0.3 is 6.03 Å². The van der Waals surface area contributed by atoms with Crippen LogP contribution in [0.3, 0.4) is 0 Å². The molecule has 72 valence electrons. The molecular formula is C9H14N2O2. The van der Waals surface area contributed by atoms with Gasteiger partial charge in [-0.2, -0.15) is 0 Å². The van der Waals surface area contributed by atoms with Crippen molar-refractivity contribution in [2.45, 2.75) is 13.0 Å². The first kappa shape index (κ1) is 9.64. The third kappa shape index (κ3) is 2.02. The van der Waals surface area contributed by atoms with Crippen molar-refractivity contribution in [3.8, 4) is 0 Å². The largest absolute Gasteiger partial charge is 0.467 e. The molecule has 1 rings (SSSR count). The zero-order valence-electron chi connectivity index (χ0n) is 8.07. The predicted molar refractivity (Wildman–Crippen MR) is 49.3 cm³/mol. The summed E-state index contributed by atoms with van der Waals surface area (Å²) >= 11 is 0. The molecule has 4 nitrogen and oxygen atoms in total. The number of amides is 2. The minimum absolute atomic E-state index is 0.0463. The fraction of sp³-hybridized carbons (Fsp3) is 0.444. The maximum absolute atomic E-state index is 11.2. The molecule has 0 saturated carbocycles. The molecule has 0 aliphatic heterocycles. The lowest BCUT2D eigenvalue weighted by Crippen LogP contribution is -2.36. The van der Waals surface area contributed by atoms with E-state index in [0.29, 0.717) is 0 Å². The SMILES string of the molecule is CNC(=O)N(C)C(C)c1ccco1. The number of rotatable bonds is 2. The van der Waals surface area contributed by atoms with E-state index in [0.717, 1.165) is 5.76 Å². The summed E-state index contributed by atoms with van der Waals surface area (Å²) in [4.78, 5) is 12.8. The average molecular weight is 182 g/mol. The molecule has 0 aromatic carbocycles. The number of carbonyl (C=O) groups is 1. The van der Waals surface area contributed by atoms with Crippen molar-refractivity contribution in [2.24, 2.45) is 0 Å². The van der Waals surface area contributed by atoms with E-state index in [4.69, 9.17) is 4.42 Å². The highest BCUT2D eigenvalue weighted by Gasteiger charge is 2.17. The van der Waals surface area contributed by atoms with Crippen LogP contribution >= 0.6 is 0 Å². The molecule has 13 heavy (non-hydrogen) atoms. The Hall–Kier alpha value is -1.45. The van der Waals surface area contributed by atoms with Gasteiger partial charge in [-0.15, -0.1) is 0 Å². The van der Waals surface area contributed by atoms with E-state index in [1.54, 1.807) is 25.3 Å². The van der Waals surface area contributed by atoms with Crippen molar-refractivity contribution in [3.05, 3.63) is 24.2 Å². The topological polar surface area (TPSA) is 45.5 Å². The molecule has 0 saturated heterocycles. The third-order valence-electron chi connectivity index (χ3n) is 2.07. The second-order valence-corrected chi connectivity index (χ2v) is 2.86. The quantitative estimate of drug-likeness (QED) is 0.755. The number of nitrogens with one attached hydrogen (secondary N) is 1. The maximum Gasteiger partial charge on any atom is 0.317 e. The van der Waals surface area contributed by atoms with E-state index in [1.807, 2.05) is 19.1 Å². The average Bonchev–Trinajstić information content (AvgIpc) is 2.67. The zero-order chi connectivity index (χ0) is 9.84. The Morgan fingerprint density at radius 2 is 2.38 bits per heavy atom. The first-order chi connectivity index (χ1) is 6.16. The van der Waals surface area contributed by atoms with Crippen molar-refractivity contribution in [1.29, 1.82) is 0 Å². The minimum Gasteiger partial charge on any atom is -0.467 e. The van der Waals surface area contributed by atoms with Crippen molar-refractivity contribution in [1.82, 2.24) is 10.2 Å². The first-order valence-corrected chi connectivity index (χ1v) is 4.14. The highest BCUT2D eigenvalue weighted by atomic mass is 16.3. The number of furan rings is 1. The van der Waals surface area contributed by atoms with Gasteiger partial charge in [0.05, 0.1) is 12.3 Å². The fourth-order valence-electron chi connectivity index (χ4n) is 1.07. The summed E-state index contributed by atoms with van der Waals surface area (Å²) in [5, 5.41) is 2.55. The van der Waals surface area contributed by atoms with Gasteiger partial charge in [0.25, 0.3) is 0 Å². The Bertz CT molecular complexity index is 269. The summed E-state index contributed by atoms with van der Waals surface area (Å²) in [6.07, 6.45) is 1.60. The highest BCUT2D eigenvalue weighted by Crippen LogP contribution is 2.18. The molecule has 0 spiro atoms. The summed E-state index contributed by atoms with van der Waals surface area (Å²) < 4.78 is 5.19. The Balaban J connectivity index is 2.68. The molecule has 4 heteroatoms. The zero-order valence-corrected chi connectivity index (χ0v) is 8.07. The van der Waals surface area contributed by atoms with E-state index in [1.165, 1.54) is 0 Å². The van der Waals surface area contributed by atoms with E-state index in [2.05, 4.69) is 5.32 Å². The maximum atomic E-state index is 11.2. The lowest BCUT2D eigenvalue weighted by molar-refractivity contribution is 0.189. The molecule has 1 N–H and O–H groups in total. The molecule has 0 radical (unpaired) electrons. The van der Waals surface area contributed by atoms with E-state index < -0.39 is 0 Å². The normalized spacial score (nSPS) is 12.2. The van der Waals surface area contributed by atoms with Gasteiger partial charge in [-0.3, -0.25) is 0 Å². The van der Waals surface area contributed by atoms with Crippen molar-refractivity contribution in [2.75, 3.05) is 14.1 Å². The molecule has 1 atom stereocenters. The van der Waals surface area contributed by atoms with Gasteiger partial charge in [0, 0.05) is 14.1 Å². The highest BCUT2D eigenvalue weighted by molar-refractivity contribution is 5.73. The molecule has 1 aromatic rings. The second kappa shape index (κ2) is 3.98. The minimum atomic E-state index is -0.121. The number of urea groups is 1. The molecule has 2 amide bonds. The van der Waals surface area contributed by atoms with Gasteiger partial charge in [-0.1, -0.05) is 0 Å². The van der Waals surface area contributed by atoms with Crippen LogP contribution < -0.4 is 5.32 Å². The van der Waals surface area contributed by atoms with E-state index >= 15 is 0 Å². The lowest BCUT2D eigenvalue weighted by Gasteiger charge is -2.22. The van der Waals surface area contributed by atoms with Crippen molar-refractivity contribution < 1.29 is 9.21 Å². The number of hydrogen-bond acceptors (Lipinski definition) is 2. The second-order valence-electron chi connectivity index (χ2n) is 2.86. The monoisotopic (exact) mass is 182 g/mol. The van der Waals surface area contributed by atoms with Gasteiger partial charge < -0.3 is 14.6 Å². The van der Waals surface area contributed by atoms with Crippen molar-refractivity contribution >= 4 is 6.03 Å². The summed E-state index contributed by atoms with van der Waals surface area (Å²) in [7, 11) is 3.33. The first-order valence-electron chi connectivity index (χ1n) is 4.14. The summed E-state index contributed by atoms with van der Waals surface area (Å²) in [5.41, 5.74) is 0. The Kier molecular flexibility index (Phi) is 2.95. The van der Waals surface area contributed by atoms with Gasteiger partial charge in [0.1, 0.15) is 5.76 Å². The molecule has 1 heterocycles. The van der Waals surface area contributed by atoms with Crippen LogP contribution in [0.2, 0.25) is 0 Å². The van der Waals surface area contributed by atoms with Crippen molar-refractivity contribution in [3.63, 3.8) is 0 Å². The number of hydrogen-bond donors (Lipinski definition) is 1. The summed E-state index contributed by atoms with van der Waals surface area (Å²) in [5.74, 6) is 0.783. The molecule has 0 fully saturated rings. The van der Waals surface area contributed by atoms with Crippen LogP contribution in [-0.2, 0) is 0 Å². The lowest BCUT2D eigenvalue weighted by atomic mass is 10.2. The Morgan fingerprint density at radius 3 is 2.85 bits per heavy atom. The van der Waals surface area contributed by atoms with Crippen LogP contribution in [0.5, 0.6) is 0 Å². The summed E-state index contributed by atoms with van der Waals surface area (Å²) in [6, 6.07) is 3.49. The van der Waals surface area contributed by atoms with Gasteiger partial charge in [-0.25, -0.2) is 4.79 Å². The van der Waals surface area contributed by atoms with Crippen LogP contribution in [0.4, 0.5) is 4.79 Å². The molecule has 0 aliphatic rings. The molecule has 0 aliphatic carbocycles. The Labute approximate surface area is 77.5 Å². The number of nitrogens with zero attached hydrogens (tertiary/aromatic N) is 1. The van der Waals surface area contributed by atoms with Crippen LogP contribution in [-0.4, -0.2) is 25.0 Å². The van der Waals surface area contributed by atoms with Crippen LogP contribution in [0.15, 0.2) is 22.8 Å². The van der Waals surface area contributed by atoms with E-state index in [9.17, 15) is 4.79 Å². The fourth-order valence-corrected chi connectivity index (χ4v) is 1.07. The smallest absolute Gasteiger partial charge is 0.317 e. The molecule has 0 bridgehead atoms. The van der Waals surface area contributed by atoms with Crippen LogP contribution in [0, 0.1) is 0 Å². The molecular weight excluding hydrogens is 168 g/mol.